The van der Waals surface area contributed by atoms with Crippen LogP contribution in [0.15, 0.2) is 36.4 Å². The molecule has 1 aliphatic heterocycles. The van der Waals surface area contributed by atoms with Crippen molar-refractivity contribution in [2.24, 2.45) is 5.92 Å². The first-order chi connectivity index (χ1) is 18.3. The Bertz CT molecular complexity index is 1160. The number of aromatic carboxylic acids is 1. The van der Waals surface area contributed by atoms with Crippen molar-refractivity contribution in [3.63, 3.8) is 0 Å². The summed E-state index contributed by atoms with van der Waals surface area (Å²) >= 11 is 0. The zero-order valence-corrected chi connectivity index (χ0v) is 21.8. The number of nitrogens with zero attached hydrogens (tertiary/aromatic N) is 1. The SMILES string of the molecule is CN(Cc1ccccc1C(=O)NCC1CCCCC1)Cc1ccc2c(c1C(=O)O)OC[C@H](CCC(=O)O)O2. The number of ether oxygens (including phenoxy) is 2. The number of carbonyl (C=O) groups excluding carboxylic acids is 1. The second kappa shape index (κ2) is 12.8. The first kappa shape index (κ1) is 27.4. The standard InChI is InChI=1S/C29H36N2O7/c1-31(16-20-9-5-6-10-23(20)28(34)30-15-19-7-3-2-4-8-19)17-21-11-13-24-27(26(21)29(35)36)37-18-22(38-24)12-14-25(32)33/h5-6,9-11,13,19,22H,2-4,7-8,12,14-18H2,1H3,(H,30,34)(H,32,33)(H,35,36)/t22-/m0/s1. The number of amides is 1. The average Bonchev–Trinajstić information content (AvgIpc) is 2.91. The summed E-state index contributed by atoms with van der Waals surface area (Å²) in [7, 11) is 1.88. The zero-order chi connectivity index (χ0) is 27.1. The van der Waals surface area contributed by atoms with Crippen LogP contribution in [0.3, 0.4) is 0 Å². The molecule has 1 amide bonds. The average molecular weight is 525 g/mol. The van der Waals surface area contributed by atoms with Crippen LogP contribution < -0.4 is 14.8 Å². The first-order valence-corrected chi connectivity index (χ1v) is 13.3. The fraction of sp³-hybridized carbons (Fsp3) is 0.483. The van der Waals surface area contributed by atoms with Gasteiger partial charge < -0.3 is 25.0 Å². The van der Waals surface area contributed by atoms with Gasteiger partial charge in [0.05, 0.1) is 0 Å². The molecule has 9 heteroatoms. The number of benzene rings is 2. The molecule has 0 bridgehead atoms. The van der Waals surface area contributed by atoms with E-state index in [2.05, 4.69) is 5.32 Å². The quantitative estimate of drug-likeness (QED) is 0.397. The van der Waals surface area contributed by atoms with Crippen molar-refractivity contribution in [1.29, 1.82) is 0 Å². The Kier molecular flexibility index (Phi) is 9.23. The highest BCUT2D eigenvalue weighted by molar-refractivity contribution is 5.95. The van der Waals surface area contributed by atoms with Gasteiger partial charge in [-0.3, -0.25) is 14.5 Å². The van der Waals surface area contributed by atoms with Gasteiger partial charge in [-0.1, -0.05) is 43.5 Å². The number of fused-ring (bicyclic) bond motifs is 1. The van der Waals surface area contributed by atoms with Crippen molar-refractivity contribution >= 4 is 17.8 Å². The van der Waals surface area contributed by atoms with Gasteiger partial charge >= 0.3 is 11.9 Å². The number of aliphatic carboxylic acids is 1. The normalized spacial score (nSPS) is 17.3. The van der Waals surface area contributed by atoms with Crippen LogP contribution in [0, 0.1) is 5.92 Å². The van der Waals surface area contributed by atoms with Crippen LogP contribution in [0.25, 0.3) is 0 Å². The molecule has 1 aliphatic carbocycles. The lowest BCUT2D eigenvalue weighted by Gasteiger charge is -2.28. The fourth-order valence-corrected chi connectivity index (χ4v) is 5.26. The zero-order valence-electron chi connectivity index (χ0n) is 21.8. The summed E-state index contributed by atoms with van der Waals surface area (Å²) in [4.78, 5) is 38.0. The molecule has 0 aromatic heterocycles. The molecular weight excluding hydrogens is 488 g/mol. The Morgan fingerprint density at radius 2 is 1.74 bits per heavy atom. The van der Waals surface area contributed by atoms with Gasteiger partial charge in [-0.15, -0.1) is 0 Å². The highest BCUT2D eigenvalue weighted by atomic mass is 16.6. The van der Waals surface area contributed by atoms with Crippen LogP contribution >= 0.6 is 0 Å². The second-order valence-electron chi connectivity index (χ2n) is 10.3. The van der Waals surface area contributed by atoms with Crippen LogP contribution in [-0.4, -0.2) is 59.3 Å². The van der Waals surface area contributed by atoms with Gasteiger partial charge in [0.1, 0.15) is 18.3 Å². The highest BCUT2D eigenvalue weighted by Gasteiger charge is 2.29. The summed E-state index contributed by atoms with van der Waals surface area (Å²) in [6.45, 7) is 1.55. The molecular formula is C29H36N2O7. The maximum Gasteiger partial charge on any atom is 0.339 e. The van der Waals surface area contributed by atoms with Crippen molar-refractivity contribution in [3.05, 3.63) is 58.7 Å². The Labute approximate surface area is 222 Å². The van der Waals surface area contributed by atoms with Crippen LogP contribution in [0.1, 0.15) is 76.8 Å². The molecule has 1 atom stereocenters. The third-order valence-electron chi connectivity index (χ3n) is 7.23. The van der Waals surface area contributed by atoms with Gasteiger partial charge in [0, 0.05) is 31.6 Å². The Morgan fingerprint density at radius 1 is 1.00 bits per heavy atom. The van der Waals surface area contributed by atoms with Crippen molar-refractivity contribution in [1.82, 2.24) is 10.2 Å². The molecule has 204 valence electrons. The van der Waals surface area contributed by atoms with E-state index < -0.39 is 18.0 Å². The maximum atomic E-state index is 13.0. The van der Waals surface area contributed by atoms with Crippen LogP contribution in [0.4, 0.5) is 0 Å². The molecule has 1 heterocycles. The Hall–Kier alpha value is -3.59. The number of nitrogens with one attached hydrogen (secondary N) is 1. The molecule has 38 heavy (non-hydrogen) atoms. The number of carboxylic acids is 2. The monoisotopic (exact) mass is 524 g/mol. The highest BCUT2D eigenvalue weighted by Crippen LogP contribution is 2.38. The van der Waals surface area contributed by atoms with Gasteiger partial charge in [0.2, 0.25) is 0 Å². The molecule has 4 rings (SSSR count). The molecule has 2 aliphatic rings. The predicted octanol–water partition coefficient (Wildman–Crippen LogP) is 4.33. The van der Waals surface area contributed by atoms with Gasteiger partial charge in [0.25, 0.3) is 5.91 Å². The summed E-state index contributed by atoms with van der Waals surface area (Å²) in [5.74, 6) is -1.12. The number of hydrogen-bond acceptors (Lipinski definition) is 6. The molecule has 3 N–H and O–H groups in total. The summed E-state index contributed by atoms with van der Waals surface area (Å²) in [5.41, 5.74) is 2.09. The summed E-state index contributed by atoms with van der Waals surface area (Å²) in [6, 6.07) is 10.9. The van der Waals surface area contributed by atoms with E-state index in [0.29, 0.717) is 42.4 Å². The second-order valence-corrected chi connectivity index (χ2v) is 10.3. The van der Waals surface area contributed by atoms with E-state index in [9.17, 15) is 19.5 Å². The minimum atomic E-state index is -1.12. The molecule has 1 saturated carbocycles. The van der Waals surface area contributed by atoms with Crippen molar-refractivity contribution in [3.8, 4) is 11.5 Å². The van der Waals surface area contributed by atoms with Gasteiger partial charge in [-0.25, -0.2) is 4.79 Å². The molecule has 2 aromatic rings. The molecule has 0 saturated heterocycles. The molecule has 0 radical (unpaired) electrons. The van der Waals surface area contributed by atoms with E-state index in [1.165, 1.54) is 19.3 Å². The van der Waals surface area contributed by atoms with E-state index in [1.807, 2.05) is 36.2 Å². The predicted molar refractivity (Wildman–Crippen MR) is 141 cm³/mol. The third-order valence-corrected chi connectivity index (χ3v) is 7.23. The van der Waals surface area contributed by atoms with Crippen molar-refractivity contribution in [2.45, 2.75) is 64.1 Å². The molecule has 2 aromatic carbocycles. The summed E-state index contributed by atoms with van der Waals surface area (Å²) in [6.07, 6.45) is 5.82. The van der Waals surface area contributed by atoms with Gasteiger partial charge in [-0.05, 0) is 55.5 Å². The summed E-state index contributed by atoms with van der Waals surface area (Å²) in [5, 5.41) is 22.0. The Morgan fingerprint density at radius 3 is 2.47 bits per heavy atom. The Balaban J connectivity index is 1.43. The van der Waals surface area contributed by atoms with E-state index in [-0.39, 0.29) is 36.7 Å². The van der Waals surface area contributed by atoms with E-state index in [4.69, 9.17) is 14.6 Å². The van der Waals surface area contributed by atoms with E-state index >= 15 is 0 Å². The number of rotatable bonds is 11. The third kappa shape index (κ3) is 7.04. The lowest BCUT2D eigenvalue weighted by molar-refractivity contribution is -0.137. The molecule has 0 unspecified atom stereocenters. The maximum absolute atomic E-state index is 13.0. The van der Waals surface area contributed by atoms with E-state index in [0.717, 1.165) is 18.4 Å². The summed E-state index contributed by atoms with van der Waals surface area (Å²) < 4.78 is 11.6. The minimum absolute atomic E-state index is 0.0320. The fourth-order valence-electron chi connectivity index (χ4n) is 5.26. The van der Waals surface area contributed by atoms with Crippen molar-refractivity contribution in [2.75, 3.05) is 20.2 Å². The lowest BCUT2D eigenvalue weighted by Crippen LogP contribution is -2.32. The smallest absolute Gasteiger partial charge is 0.339 e. The van der Waals surface area contributed by atoms with Crippen LogP contribution in [0.5, 0.6) is 11.5 Å². The largest absolute Gasteiger partial charge is 0.485 e. The van der Waals surface area contributed by atoms with Crippen molar-refractivity contribution < 1.29 is 34.1 Å². The van der Waals surface area contributed by atoms with E-state index in [1.54, 1.807) is 12.1 Å². The van der Waals surface area contributed by atoms with Gasteiger partial charge in [-0.2, -0.15) is 0 Å². The first-order valence-electron chi connectivity index (χ1n) is 13.3. The number of hydrogen-bond donors (Lipinski definition) is 3. The lowest BCUT2D eigenvalue weighted by atomic mass is 9.89. The van der Waals surface area contributed by atoms with Crippen LogP contribution in [-0.2, 0) is 17.9 Å². The topological polar surface area (TPSA) is 125 Å². The molecule has 1 fully saturated rings. The molecule has 0 spiro atoms. The number of carbonyl (C=O) groups is 3. The number of carboxylic acid groups (broad SMARTS) is 2. The minimum Gasteiger partial charge on any atom is -0.485 e. The molecule has 9 nitrogen and oxygen atoms in total. The van der Waals surface area contributed by atoms with Gasteiger partial charge in [0.15, 0.2) is 11.5 Å². The van der Waals surface area contributed by atoms with Crippen LogP contribution in [0.2, 0.25) is 0 Å².